The molecule has 3 rings (SSSR count). The molecule has 23 heavy (non-hydrogen) atoms. The standard InChI is InChI=1S/C18H23NO4/c1-2-3-6-15-14-5-4-7-16(17(14)18(20)23-15)22-13-10-19-8-11-21-12-9-19/h4-7H,2-3,8-13H2,1H3/b15-6-. The van der Waals surface area contributed by atoms with Gasteiger partial charge in [-0.3, -0.25) is 4.90 Å². The third-order valence-electron chi connectivity index (χ3n) is 4.09. The number of hydrogen-bond donors (Lipinski definition) is 0. The largest absolute Gasteiger partial charge is 0.491 e. The average molecular weight is 317 g/mol. The molecule has 1 fully saturated rings. The maximum Gasteiger partial charge on any atom is 0.348 e. The number of esters is 1. The summed E-state index contributed by atoms with van der Waals surface area (Å²) in [6, 6.07) is 5.66. The molecule has 2 aliphatic rings. The molecule has 124 valence electrons. The fourth-order valence-electron chi connectivity index (χ4n) is 2.81. The van der Waals surface area contributed by atoms with E-state index < -0.39 is 0 Å². The highest BCUT2D eigenvalue weighted by Gasteiger charge is 2.29. The first-order valence-electron chi connectivity index (χ1n) is 8.28. The molecule has 0 N–H and O–H groups in total. The van der Waals surface area contributed by atoms with Crippen molar-refractivity contribution in [1.29, 1.82) is 0 Å². The highest BCUT2D eigenvalue weighted by molar-refractivity contribution is 6.05. The second-order valence-corrected chi connectivity index (χ2v) is 5.73. The lowest BCUT2D eigenvalue weighted by Gasteiger charge is -2.26. The second-order valence-electron chi connectivity index (χ2n) is 5.73. The summed E-state index contributed by atoms with van der Waals surface area (Å²) in [6.07, 6.45) is 3.89. The third-order valence-corrected chi connectivity index (χ3v) is 4.09. The molecular weight excluding hydrogens is 294 g/mol. The highest BCUT2D eigenvalue weighted by Crippen LogP contribution is 2.36. The van der Waals surface area contributed by atoms with E-state index in [4.69, 9.17) is 14.2 Å². The normalized spacial score (nSPS) is 19.7. The van der Waals surface area contributed by atoms with E-state index >= 15 is 0 Å². The minimum absolute atomic E-state index is 0.315. The fraction of sp³-hybridized carbons (Fsp3) is 0.500. The molecule has 5 nitrogen and oxygen atoms in total. The smallest absolute Gasteiger partial charge is 0.348 e. The van der Waals surface area contributed by atoms with Crippen molar-refractivity contribution in [3.05, 3.63) is 35.4 Å². The lowest BCUT2D eigenvalue weighted by molar-refractivity contribution is 0.0322. The van der Waals surface area contributed by atoms with Gasteiger partial charge < -0.3 is 14.2 Å². The van der Waals surface area contributed by atoms with Gasteiger partial charge in [0.1, 0.15) is 23.7 Å². The number of morpholine rings is 1. The van der Waals surface area contributed by atoms with E-state index in [0.29, 0.717) is 23.7 Å². The van der Waals surface area contributed by atoms with Crippen LogP contribution in [-0.2, 0) is 9.47 Å². The van der Waals surface area contributed by atoms with Crippen molar-refractivity contribution in [2.24, 2.45) is 0 Å². The van der Waals surface area contributed by atoms with Crippen LogP contribution in [0.2, 0.25) is 0 Å². The molecule has 5 heteroatoms. The number of fused-ring (bicyclic) bond motifs is 1. The Labute approximate surface area is 136 Å². The van der Waals surface area contributed by atoms with E-state index in [0.717, 1.165) is 51.3 Å². The molecule has 0 aliphatic carbocycles. The highest BCUT2D eigenvalue weighted by atomic mass is 16.5. The molecule has 2 aliphatic heterocycles. The van der Waals surface area contributed by atoms with E-state index in [-0.39, 0.29) is 5.97 Å². The Hall–Kier alpha value is -1.85. The van der Waals surface area contributed by atoms with Crippen molar-refractivity contribution in [2.75, 3.05) is 39.5 Å². The number of rotatable bonds is 6. The van der Waals surface area contributed by atoms with Gasteiger partial charge in [-0.2, -0.15) is 0 Å². The molecule has 1 aromatic rings. The van der Waals surface area contributed by atoms with Crippen molar-refractivity contribution in [1.82, 2.24) is 4.90 Å². The van der Waals surface area contributed by atoms with Gasteiger partial charge in [0.15, 0.2) is 0 Å². The summed E-state index contributed by atoms with van der Waals surface area (Å²) in [6.45, 7) is 6.90. The third kappa shape index (κ3) is 3.74. The van der Waals surface area contributed by atoms with Crippen LogP contribution in [0.15, 0.2) is 24.3 Å². The minimum atomic E-state index is -0.315. The van der Waals surface area contributed by atoms with Crippen LogP contribution >= 0.6 is 0 Å². The molecule has 0 saturated carbocycles. The Morgan fingerprint density at radius 1 is 1.30 bits per heavy atom. The summed E-state index contributed by atoms with van der Waals surface area (Å²) < 4.78 is 16.6. The van der Waals surface area contributed by atoms with Crippen LogP contribution in [-0.4, -0.2) is 50.3 Å². The van der Waals surface area contributed by atoms with Gasteiger partial charge in [-0.25, -0.2) is 4.79 Å². The SMILES string of the molecule is CCC/C=C1\OC(=O)c2c(OCCN3CCOCC3)cccc21. The Kier molecular flexibility index (Phi) is 5.31. The average Bonchev–Trinajstić information content (AvgIpc) is 2.91. The van der Waals surface area contributed by atoms with Crippen LogP contribution in [0.3, 0.4) is 0 Å². The zero-order valence-electron chi connectivity index (χ0n) is 13.5. The molecule has 2 heterocycles. The molecule has 1 saturated heterocycles. The van der Waals surface area contributed by atoms with Crippen LogP contribution in [0.5, 0.6) is 5.75 Å². The van der Waals surface area contributed by atoms with Gasteiger partial charge in [0.25, 0.3) is 0 Å². The predicted octanol–water partition coefficient (Wildman–Crippen LogP) is 2.71. The number of benzene rings is 1. The quantitative estimate of drug-likeness (QED) is 0.755. The lowest BCUT2D eigenvalue weighted by atomic mass is 10.1. The number of nitrogens with zero attached hydrogens (tertiary/aromatic N) is 1. The van der Waals surface area contributed by atoms with E-state index in [9.17, 15) is 4.79 Å². The van der Waals surface area contributed by atoms with Crippen LogP contribution in [0.4, 0.5) is 0 Å². The van der Waals surface area contributed by atoms with Gasteiger partial charge in [-0.1, -0.05) is 25.5 Å². The van der Waals surface area contributed by atoms with Gasteiger partial charge in [0, 0.05) is 25.2 Å². The number of carbonyl (C=O) groups is 1. The summed E-state index contributed by atoms with van der Waals surface area (Å²) >= 11 is 0. The van der Waals surface area contributed by atoms with E-state index in [2.05, 4.69) is 11.8 Å². The Morgan fingerprint density at radius 3 is 2.91 bits per heavy atom. The summed E-state index contributed by atoms with van der Waals surface area (Å²) in [5, 5.41) is 0. The van der Waals surface area contributed by atoms with Crippen molar-refractivity contribution >= 4 is 11.7 Å². The molecule has 0 amide bonds. The summed E-state index contributed by atoms with van der Waals surface area (Å²) in [7, 11) is 0. The first-order chi connectivity index (χ1) is 11.3. The van der Waals surface area contributed by atoms with E-state index in [1.807, 2.05) is 24.3 Å². The number of hydrogen-bond acceptors (Lipinski definition) is 5. The van der Waals surface area contributed by atoms with Crippen molar-refractivity contribution in [3.63, 3.8) is 0 Å². The molecule has 0 atom stereocenters. The minimum Gasteiger partial charge on any atom is -0.491 e. The number of ether oxygens (including phenoxy) is 3. The van der Waals surface area contributed by atoms with E-state index in [1.54, 1.807) is 0 Å². The topological polar surface area (TPSA) is 48.0 Å². The summed E-state index contributed by atoms with van der Waals surface area (Å²) in [5.41, 5.74) is 1.39. The van der Waals surface area contributed by atoms with Crippen LogP contribution in [0.1, 0.15) is 35.7 Å². The first-order valence-corrected chi connectivity index (χ1v) is 8.28. The number of carbonyl (C=O) groups excluding carboxylic acids is 1. The zero-order valence-corrected chi connectivity index (χ0v) is 13.5. The van der Waals surface area contributed by atoms with Crippen molar-refractivity contribution < 1.29 is 19.0 Å². The van der Waals surface area contributed by atoms with Gasteiger partial charge >= 0.3 is 5.97 Å². The number of unbranched alkanes of at least 4 members (excludes halogenated alkanes) is 1. The van der Waals surface area contributed by atoms with Crippen molar-refractivity contribution in [2.45, 2.75) is 19.8 Å². The maximum absolute atomic E-state index is 12.2. The molecule has 0 unspecified atom stereocenters. The first kappa shape index (κ1) is 16.0. The molecule has 0 aromatic heterocycles. The molecule has 1 aromatic carbocycles. The summed E-state index contributed by atoms with van der Waals surface area (Å²) in [5.74, 6) is 0.954. The van der Waals surface area contributed by atoms with Gasteiger partial charge in [-0.05, 0) is 18.6 Å². The number of cyclic esters (lactones) is 1. The molecular formula is C18H23NO4. The molecule has 0 radical (unpaired) electrons. The van der Waals surface area contributed by atoms with Crippen LogP contribution < -0.4 is 4.74 Å². The molecule has 0 spiro atoms. The van der Waals surface area contributed by atoms with Crippen molar-refractivity contribution in [3.8, 4) is 5.75 Å². The number of allylic oxidation sites excluding steroid dienone is 1. The van der Waals surface area contributed by atoms with Crippen LogP contribution in [0, 0.1) is 0 Å². The molecule has 0 bridgehead atoms. The zero-order chi connectivity index (χ0) is 16.1. The van der Waals surface area contributed by atoms with Gasteiger partial charge in [0.05, 0.1) is 13.2 Å². The summed E-state index contributed by atoms with van der Waals surface area (Å²) in [4.78, 5) is 14.5. The monoisotopic (exact) mass is 317 g/mol. The Morgan fingerprint density at radius 2 is 2.13 bits per heavy atom. The fourth-order valence-corrected chi connectivity index (χ4v) is 2.81. The van der Waals surface area contributed by atoms with Gasteiger partial charge in [-0.15, -0.1) is 0 Å². The second kappa shape index (κ2) is 7.62. The maximum atomic E-state index is 12.2. The Balaban J connectivity index is 1.67. The lowest BCUT2D eigenvalue weighted by Crippen LogP contribution is -2.38. The van der Waals surface area contributed by atoms with Gasteiger partial charge in [0.2, 0.25) is 0 Å². The Bertz CT molecular complexity index is 591. The van der Waals surface area contributed by atoms with E-state index in [1.165, 1.54) is 0 Å². The van der Waals surface area contributed by atoms with Crippen LogP contribution in [0.25, 0.3) is 5.76 Å². The predicted molar refractivity (Wildman–Crippen MR) is 87.5 cm³/mol.